The molecule has 0 radical (unpaired) electrons. The maximum absolute atomic E-state index is 5.36. The Bertz CT molecular complexity index is 670. The molecule has 18 heavy (non-hydrogen) atoms. The smallest absolute Gasteiger partial charge is 0.132 e. The van der Waals surface area contributed by atoms with Crippen LogP contribution in [0.25, 0.3) is 5.52 Å². The minimum Gasteiger partial charge on any atom is -0.469 e. The number of hydrogen-bond donors (Lipinski definition) is 0. The van der Waals surface area contributed by atoms with Crippen LogP contribution in [0.1, 0.15) is 17.3 Å². The Balaban J connectivity index is 1.97. The van der Waals surface area contributed by atoms with Crippen LogP contribution in [0.4, 0.5) is 0 Å². The van der Waals surface area contributed by atoms with E-state index in [1.807, 2.05) is 18.2 Å². The first kappa shape index (κ1) is 11.5. The third kappa shape index (κ3) is 1.97. The number of pyridine rings is 1. The van der Waals surface area contributed by atoms with Gasteiger partial charge in [0.1, 0.15) is 16.2 Å². The molecule has 0 fully saturated rings. The standard InChI is InChI=1S/C14H13BrN2O/c1-10-4-2-6-12-14(15)16-13(17(10)12)8-7-11-5-3-9-18-11/h2-6,9H,7-8H2,1H3. The van der Waals surface area contributed by atoms with E-state index >= 15 is 0 Å². The zero-order chi connectivity index (χ0) is 12.5. The average molecular weight is 305 g/mol. The number of halogens is 1. The van der Waals surface area contributed by atoms with E-state index in [9.17, 15) is 0 Å². The highest BCUT2D eigenvalue weighted by Gasteiger charge is 2.10. The minimum atomic E-state index is 0.866. The van der Waals surface area contributed by atoms with Crippen molar-refractivity contribution in [1.29, 1.82) is 0 Å². The van der Waals surface area contributed by atoms with Gasteiger partial charge in [-0.15, -0.1) is 0 Å². The van der Waals surface area contributed by atoms with Gasteiger partial charge in [0.25, 0.3) is 0 Å². The van der Waals surface area contributed by atoms with Gasteiger partial charge in [-0.3, -0.25) is 4.40 Å². The van der Waals surface area contributed by atoms with E-state index in [0.717, 1.165) is 34.5 Å². The summed E-state index contributed by atoms with van der Waals surface area (Å²) in [6.07, 6.45) is 3.44. The van der Waals surface area contributed by atoms with Crippen LogP contribution in [-0.4, -0.2) is 9.38 Å². The van der Waals surface area contributed by atoms with E-state index in [0.29, 0.717) is 0 Å². The number of imidazole rings is 1. The molecule has 0 saturated carbocycles. The molecule has 0 aliphatic heterocycles. The summed E-state index contributed by atoms with van der Waals surface area (Å²) in [5.41, 5.74) is 2.31. The Morgan fingerprint density at radius 3 is 2.89 bits per heavy atom. The molecule has 3 rings (SSSR count). The van der Waals surface area contributed by atoms with E-state index < -0.39 is 0 Å². The van der Waals surface area contributed by atoms with Crippen LogP contribution in [0.15, 0.2) is 45.6 Å². The van der Waals surface area contributed by atoms with Gasteiger partial charge in [0, 0.05) is 18.5 Å². The number of nitrogens with zero attached hydrogens (tertiary/aromatic N) is 2. The molecular formula is C14H13BrN2O. The van der Waals surface area contributed by atoms with E-state index in [4.69, 9.17) is 4.42 Å². The predicted octanol–water partition coefficient (Wildman–Crippen LogP) is 3.78. The lowest BCUT2D eigenvalue weighted by Gasteiger charge is -2.03. The lowest BCUT2D eigenvalue weighted by atomic mass is 10.2. The topological polar surface area (TPSA) is 30.4 Å². The normalized spacial score (nSPS) is 11.2. The molecule has 4 heteroatoms. The van der Waals surface area contributed by atoms with Gasteiger partial charge >= 0.3 is 0 Å². The van der Waals surface area contributed by atoms with Gasteiger partial charge in [0.05, 0.1) is 11.8 Å². The Hall–Kier alpha value is -1.55. The van der Waals surface area contributed by atoms with Crippen molar-refractivity contribution in [3.05, 3.63) is 58.5 Å². The Kier molecular flexibility index (Phi) is 2.96. The summed E-state index contributed by atoms with van der Waals surface area (Å²) in [5, 5.41) is 0. The fourth-order valence-corrected chi connectivity index (χ4v) is 2.71. The second kappa shape index (κ2) is 4.61. The lowest BCUT2D eigenvalue weighted by molar-refractivity contribution is 0.506. The maximum Gasteiger partial charge on any atom is 0.132 e. The predicted molar refractivity (Wildman–Crippen MR) is 73.7 cm³/mol. The van der Waals surface area contributed by atoms with Crippen molar-refractivity contribution in [3.8, 4) is 0 Å². The first-order valence-electron chi connectivity index (χ1n) is 5.90. The SMILES string of the molecule is Cc1cccc2c(Br)nc(CCc3ccco3)n12. The van der Waals surface area contributed by atoms with Gasteiger partial charge < -0.3 is 4.42 Å². The number of rotatable bonds is 3. The zero-order valence-electron chi connectivity index (χ0n) is 10.1. The second-order valence-electron chi connectivity index (χ2n) is 4.29. The second-order valence-corrected chi connectivity index (χ2v) is 5.04. The molecule has 0 unspecified atom stereocenters. The van der Waals surface area contributed by atoms with Gasteiger partial charge in [0.15, 0.2) is 0 Å². The third-order valence-electron chi connectivity index (χ3n) is 3.06. The number of fused-ring (bicyclic) bond motifs is 1. The summed E-state index contributed by atoms with van der Waals surface area (Å²) < 4.78 is 8.45. The molecule has 3 nitrogen and oxygen atoms in total. The van der Waals surface area contributed by atoms with Crippen LogP contribution >= 0.6 is 15.9 Å². The van der Waals surface area contributed by atoms with Crippen molar-refractivity contribution >= 4 is 21.4 Å². The molecule has 3 aromatic rings. The number of aromatic nitrogens is 2. The molecule has 3 aromatic heterocycles. The highest BCUT2D eigenvalue weighted by atomic mass is 79.9. The highest BCUT2D eigenvalue weighted by Crippen LogP contribution is 2.21. The molecule has 0 aromatic carbocycles. The molecule has 0 amide bonds. The van der Waals surface area contributed by atoms with Crippen molar-refractivity contribution < 1.29 is 4.42 Å². The molecule has 0 bridgehead atoms. The van der Waals surface area contributed by atoms with Crippen molar-refractivity contribution in [3.63, 3.8) is 0 Å². The summed E-state index contributed by atoms with van der Waals surface area (Å²) in [6.45, 7) is 2.09. The average Bonchev–Trinajstić information content (AvgIpc) is 2.96. The Labute approximate surface area is 114 Å². The molecule has 0 atom stereocenters. The van der Waals surface area contributed by atoms with Crippen molar-refractivity contribution in [2.75, 3.05) is 0 Å². The van der Waals surface area contributed by atoms with E-state index in [1.165, 1.54) is 5.69 Å². The van der Waals surface area contributed by atoms with Crippen molar-refractivity contribution in [2.45, 2.75) is 19.8 Å². The molecular weight excluding hydrogens is 292 g/mol. The molecule has 0 aliphatic rings. The van der Waals surface area contributed by atoms with Crippen LogP contribution in [0.5, 0.6) is 0 Å². The largest absolute Gasteiger partial charge is 0.469 e. The summed E-state index contributed by atoms with van der Waals surface area (Å²) >= 11 is 3.52. The van der Waals surface area contributed by atoms with Crippen LogP contribution in [0.2, 0.25) is 0 Å². The van der Waals surface area contributed by atoms with Crippen molar-refractivity contribution in [1.82, 2.24) is 9.38 Å². The summed E-state index contributed by atoms with van der Waals surface area (Å²) in [7, 11) is 0. The molecule has 0 spiro atoms. The zero-order valence-corrected chi connectivity index (χ0v) is 11.6. The lowest BCUT2D eigenvalue weighted by Crippen LogP contribution is -2.00. The molecule has 0 saturated heterocycles. The van der Waals surface area contributed by atoms with Crippen LogP contribution in [0.3, 0.4) is 0 Å². The first-order chi connectivity index (χ1) is 8.75. The van der Waals surface area contributed by atoms with E-state index in [-0.39, 0.29) is 0 Å². The molecule has 0 N–H and O–H groups in total. The highest BCUT2D eigenvalue weighted by molar-refractivity contribution is 9.10. The number of furan rings is 1. The Morgan fingerprint density at radius 2 is 2.11 bits per heavy atom. The van der Waals surface area contributed by atoms with E-state index in [1.54, 1.807) is 6.26 Å². The summed E-state index contributed by atoms with van der Waals surface area (Å²) in [5.74, 6) is 2.06. The van der Waals surface area contributed by atoms with Crippen LogP contribution in [0, 0.1) is 6.92 Å². The first-order valence-corrected chi connectivity index (χ1v) is 6.70. The van der Waals surface area contributed by atoms with Gasteiger partial charge in [-0.1, -0.05) is 6.07 Å². The third-order valence-corrected chi connectivity index (χ3v) is 3.64. The van der Waals surface area contributed by atoms with Crippen LogP contribution < -0.4 is 0 Å². The van der Waals surface area contributed by atoms with Gasteiger partial charge in [-0.25, -0.2) is 4.98 Å². The maximum atomic E-state index is 5.36. The minimum absolute atomic E-state index is 0.866. The monoisotopic (exact) mass is 304 g/mol. The Morgan fingerprint density at radius 1 is 1.22 bits per heavy atom. The van der Waals surface area contributed by atoms with E-state index in [2.05, 4.69) is 44.4 Å². The van der Waals surface area contributed by atoms with Gasteiger partial charge in [0.2, 0.25) is 0 Å². The molecule has 92 valence electrons. The quantitative estimate of drug-likeness (QED) is 0.737. The summed E-state index contributed by atoms with van der Waals surface area (Å²) in [4.78, 5) is 4.59. The molecule has 0 aliphatic carbocycles. The summed E-state index contributed by atoms with van der Waals surface area (Å²) in [6, 6.07) is 10.1. The van der Waals surface area contributed by atoms with Crippen molar-refractivity contribution in [2.24, 2.45) is 0 Å². The van der Waals surface area contributed by atoms with Gasteiger partial charge in [-0.05, 0) is 47.1 Å². The fourth-order valence-electron chi connectivity index (χ4n) is 2.20. The molecule has 3 heterocycles. The number of aryl methyl sites for hydroxylation is 3. The van der Waals surface area contributed by atoms with Crippen LogP contribution in [-0.2, 0) is 12.8 Å². The number of hydrogen-bond acceptors (Lipinski definition) is 2. The van der Waals surface area contributed by atoms with Gasteiger partial charge in [-0.2, -0.15) is 0 Å². The fraction of sp³-hybridized carbons (Fsp3) is 0.214.